The Hall–Kier alpha value is -1.56. The van der Waals surface area contributed by atoms with Crippen molar-refractivity contribution in [3.63, 3.8) is 0 Å². The molecule has 0 saturated carbocycles. The molecule has 1 heterocycles. The summed E-state index contributed by atoms with van der Waals surface area (Å²) in [7, 11) is 0. The van der Waals surface area contributed by atoms with Crippen LogP contribution in [0, 0.1) is 18.3 Å². The molecule has 1 rings (SSSR count). The van der Waals surface area contributed by atoms with E-state index in [1.807, 2.05) is 19.9 Å². The fourth-order valence-corrected chi connectivity index (χ4v) is 1.53. The SMILES string of the molecule is CCCCOc1nc(C)cc(CC)c1C#N. The normalized spacial score (nSPS) is 9.88. The molecule has 0 N–H and O–H groups in total. The minimum atomic E-state index is 0.493. The van der Waals surface area contributed by atoms with Gasteiger partial charge in [0.1, 0.15) is 11.6 Å². The Labute approximate surface area is 97.1 Å². The van der Waals surface area contributed by atoms with Gasteiger partial charge in [0.05, 0.1) is 6.61 Å². The molecule has 16 heavy (non-hydrogen) atoms. The summed E-state index contributed by atoms with van der Waals surface area (Å²) in [5.74, 6) is 0.493. The molecule has 0 fully saturated rings. The zero-order valence-electron chi connectivity index (χ0n) is 10.2. The maximum absolute atomic E-state index is 9.11. The van der Waals surface area contributed by atoms with Crippen LogP contribution >= 0.6 is 0 Å². The van der Waals surface area contributed by atoms with Gasteiger partial charge in [-0.2, -0.15) is 5.26 Å². The molecule has 0 unspecified atom stereocenters. The number of pyridine rings is 1. The van der Waals surface area contributed by atoms with E-state index in [9.17, 15) is 0 Å². The van der Waals surface area contributed by atoms with Crippen LogP contribution in [0.25, 0.3) is 0 Å². The van der Waals surface area contributed by atoms with Gasteiger partial charge in [-0.15, -0.1) is 0 Å². The summed E-state index contributed by atoms with van der Waals surface area (Å²) in [6.07, 6.45) is 2.90. The van der Waals surface area contributed by atoms with Crippen molar-refractivity contribution < 1.29 is 4.74 Å². The van der Waals surface area contributed by atoms with Crippen molar-refractivity contribution >= 4 is 0 Å². The molecule has 0 aliphatic rings. The smallest absolute Gasteiger partial charge is 0.232 e. The summed E-state index contributed by atoms with van der Waals surface area (Å²) in [6.45, 7) is 6.69. The Morgan fingerprint density at radius 2 is 2.19 bits per heavy atom. The van der Waals surface area contributed by atoms with Crippen molar-refractivity contribution in [3.05, 3.63) is 22.9 Å². The molecule has 0 amide bonds. The maximum atomic E-state index is 9.11. The van der Waals surface area contributed by atoms with E-state index < -0.39 is 0 Å². The summed E-state index contributed by atoms with van der Waals surface area (Å²) in [5.41, 5.74) is 2.51. The Morgan fingerprint density at radius 1 is 1.44 bits per heavy atom. The summed E-state index contributed by atoms with van der Waals surface area (Å²) < 4.78 is 5.56. The Kier molecular flexibility index (Phi) is 4.78. The summed E-state index contributed by atoms with van der Waals surface area (Å²) >= 11 is 0. The van der Waals surface area contributed by atoms with E-state index in [0.29, 0.717) is 18.1 Å². The molecule has 3 heteroatoms. The first-order chi connectivity index (χ1) is 7.72. The van der Waals surface area contributed by atoms with Crippen molar-refractivity contribution in [1.82, 2.24) is 4.98 Å². The first-order valence-electron chi connectivity index (χ1n) is 5.76. The average Bonchev–Trinajstić information content (AvgIpc) is 2.28. The lowest BCUT2D eigenvalue weighted by Crippen LogP contribution is -2.04. The molecule has 0 atom stereocenters. The Bertz CT molecular complexity index is 394. The number of hydrogen-bond acceptors (Lipinski definition) is 3. The highest BCUT2D eigenvalue weighted by Gasteiger charge is 2.10. The first kappa shape index (κ1) is 12.5. The molecule has 0 aliphatic heterocycles. The van der Waals surface area contributed by atoms with Crippen LogP contribution in [0.15, 0.2) is 6.07 Å². The Morgan fingerprint density at radius 3 is 2.75 bits per heavy atom. The third-order valence-electron chi connectivity index (χ3n) is 2.43. The molecule has 0 bridgehead atoms. The van der Waals surface area contributed by atoms with Crippen LogP contribution in [0.3, 0.4) is 0 Å². The van der Waals surface area contributed by atoms with Crippen molar-refractivity contribution in [3.8, 4) is 11.9 Å². The highest BCUT2D eigenvalue weighted by molar-refractivity contribution is 5.45. The van der Waals surface area contributed by atoms with Crippen LogP contribution in [-0.2, 0) is 6.42 Å². The number of nitrogens with zero attached hydrogens (tertiary/aromatic N) is 2. The van der Waals surface area contributed by atoms with Crippen LogP contribution in [0.1, 0.15) is 43.5 Å². The fraction of sp³-hybridized carbons (Fsp3) is 0.538. The summed E-state index contributed by atoms with van der Waals surface area (Å²) in [4.78, 5) is 4.28. The first-order valence-corrected chi connectivity index (χ1v) is 5.76. The Balaban J connectivity index is 2.97. The lowest BCUT2D eigenvalue weighted by atomic mass is 10.1. The average molecular weight is 218 g/mol. The zero-order chi connectivity index (χ0) is 12.0. The number of unbranched alkanes of at least 4 members (excludes halogenated alkanes) is 1. The van der Waals surface area contributed by atoms with Gasteiger partial charge < -0.3 is 4.74 Å². The number of aromatic nitrogens is 1. The van der Waals surface area contributed by atoms with Gasteiger partial charge in [0.25, 0.3) is 0 Å². The summed E-state index contributed by atoms with van der Waals surface area (Å²) in [5, 5.41) is 9.11. The van der Waals surface area contributed by atoms with Crippen molar-refractivity contribution in [1.29, 1.82) is 5.26 Å². The lowest BCUT2D eigenvalue weighted by Gasteiger charge is -2.10. The summed E-state index contributed by atoms with van der Waals surface area (Å²) in [6, 6.07) is 4.13. The molecule has 0 spiro atoms. The highest BCUT2D eigenvalue weighted by atomic mass is 16.5. The molecular formula is C13H18N2O. The predicted octanol–water partition coefficient (Wildman–Crippen LogP) is 3.00. The second-order valence-corrected chi connectivity index (χ2v) is 3.77. The molecule has 0 radical (unpaired) electrons. The van der Waals surface area contributed by atoms with Gasteiger partial charge in [0.15, 0.2) is 0 Å². The standard InChI is InChI=1S/C13H18N2O/c1-4-6-7-16-13-12(9-14)11(5-2)8-10(3)15-13/h8H,4-7H2,1-3H3. The van der Waals surface area contributed by atoms with Crippen molar-refractivity contribution in [2.24, 2.45) is 0 Å². The highest BCUT2D eigenvalue weighted by Crippen LogP contribution is 2.21. The number of ether oxygens (including phenoxy) is 1. The molecule has 0 aliphatic carbocycles. The van der Waals surface area contributed by atoms with E-state index in [4.69, 9.17) is 10.00 Å². The topological polar surface area (TPSA) is 45.9 Å². The molecular weight excluding hydrogens is 200 g/mol. The minimum Gasteiger partial charge on any atom is -0.477 e. The largest absolute Gasteiger partial charge is 0.477 e. The maximum Gasteiger partial charge on any atom is 0.232 e. The molecule has 1 aromatic heterocycles. The van der Waals surface area contributed by atoms with E-state index in [1.165, 1.54) is 0 Å². The van der Waals surface area contributed by atoms with Crippen LogP contribution in [0.4, 0.5) is 0 Å². The van der Waals surface area contributed by atoms with Gasteiger partial charge >= 0.3 is 0 Å². The third kappa shape index (κ3) is 2.96. The van der Waals surface area contributed by atoms with E-state index in [0.717, 1.165) is 30.5 Å². The number of hydrogen-bond donors (Lipinski definition) is 0. The van der Waals surface area contributed by atoms with Crippen LogP contribution in [0.2, 0.25) is 0 Å². The predicted molar refractivity (Wildman–Crippen MR) is 63.5 cm³/mol. The van der Waals surface area contributed by atoms with Crippen molar-refractivity contribution in [2.45, 2.75) is 40.0 Å². The van der Waals surface area contributed by atoms with Crippen LogP contribution < -0.4 is 4.74 Å². The van der Waals surface area contributed by atoms with Crippen LogP contribution in [0.5, 0.6) is 5.88 Å². The quantitative estimate of drug-likeness (QED) is 0.714. The minimum absolute atomic E-state index is 0.493. The van der Waals surface area contributed by atoms with E-state index in [-0.39, 0.29) is 0 Å². The monoisotopic (exact) mass is 218 g/mol. The van der Waals surface area contributed by atoms with Gasteiger partial charge in [-0.1, -0.05) is 20.3 Å². The molecule has 0 saturated heterocycles. The zero-order valence-corrected chi connectivity index (χ0v) is 10.2. The van der Waals surface area contributed by atoms with Gasteiger partial charge in [-0.25, -0.2) is 4.98 Å². The molecule has 86 valence electrons. The molecule has 1 aromatic rings. The van der Waals surface area contributed by atoms with E-state index in [2.05, 4.69) is 18.0 Å². The second kappa shape index (κ2) is 6.12. The number of aryl methyl sites for hydroxylation is 2. The third-order valence-corrected chi connectivity index (χ3v) is 2.43. The molecule has 0 aromatic carbocycles. The molecule has 3 nitrogen and oxygen atoms in total. The van der Waals surface area contributed by atoms with Gasteiger partial charge in [0, 0.05) is 5.69 Å². The second-order valence-electron chi connectivity index (χ2n) is 3.77. The van der Waals surface area contributed by atoms with Gasteiger partial charge in [0.2, 0.25) is 5.88 Å². The van der Waals surface area contributed by atoms with E-state index in [1.54, 1.807) is 0 Å². The fourth-order valence-electron chi connectivity index (χ4n) is 1.53. The number of rotatable bonds is 5. The van der Waals surface area contributed by atoms with Gasteiger partial charge in [-0.3, -0.25) is 0 Å². The van der Waals surface area contributed by atoms with Gasteiger partial charge in [-0.05, 0) is 31.4 Å². The van der Waals surface area contributed by atoms with Crippen molar-refractivity contribution in [2.75, 3.05) is 6.61 Å². The number of nitriles is 1. The lowest BCUT2D eigenvalue weighted by molar-refractivity contribution is 0.296. The van der Waals surface area contributed by atoms with Crippen LogP contribution in [-0.4, -0.2) is 11.6 Å². The van der Waals surface area contributed by atoms with E-state index >= 15 is 0 Å².